The van der Waals surface area contributed by atoms with E-state index in [2.05, 4.69) is 9.97 Å². The average molecular weight is 311 g/mol. The maximum Gasteiger partial charge on any atom is 0.285 e. The summed E-state index contributed by atoms with van der Waals surface area (Å²) in [6.07, 6.45) is -2.16. The van der Waals surface area contributed by atoms with Gasteiger partial charge in [-0.3, -0.25) is 9.36 Å². The van der Waals surface area contributed by atoms with Crippen molar-refractivity contribution in [3.63, 3.8) is 0 Å². The van der Waals surface area contributed by atoms with Crippen LogP contribution in [0, 0.1) is 0 Å². The van der Waals surface area contributed by atoms with Crippen LogP contribution < -0.4 is 5.56 Å². The minimum absolute atomic E-state index is 0.0451. The molecule has 4 atom stereocenters. The fourth-order valence-electron chi connectivity index (χ4n) is 2.48. The van der Waals surface area contributed by atoms with Crippen LogP contribution >= 0.6 is 0 Å². The van der Waals surface area contributed by atoms with Gasteiger partial charge < -0.3 is 24.5 Å². The van der Waals surface area contributed by atoms with E-state index in [1.54, 1.807) is 0 Å². The minimum Gasteiger partial charge on any atom is -0.422 e. The lowest BCUT2D eigenvalue weighted by Gasteiger charge is -2.16. The van der Waals surface area contributed by atoms with Crippen molar-refractivity contribution in [2.24, 2.45) is 0 Å². The third-order valence-electron chi connectivity index (χ3n) is 3.65. The Labute approximate surface area is 124 Å². The highest BCUT2D eigenvalue weighted by atomic mass is 16.6. The van der Waals surface area contributed by atoms with Crippen molar-refractivity contribution in [2.45, 2.75) is 44.3 Å². The third-order valence-corrected chi connectivity index (χ3v) is 3.65. The van der Waals surface area contributed by atoms with Gasteiger partial charge in [0.25, 0.3) is 11.3 Å². The fraction of sp³-hybridized carbons (Fsp3) is 0.615. The molecule has 9 nitrogen and oxygen atoms in total. The summed E-state index contributed by atoms with van der Waals surface area (Å²) in [5.41, 5.74) is -0.369. The number of rotatable bonds is 4. The minimum atomic E-state index is -1.35. The Hall–Kier alpha value is -1.81. The summed E-state index contributed by atoms with van der Waals surface area (Å²) in [6, 6.07) is 0. The van der Waals surface area contributed by atoms with Gasteiger partial charge in [-0.25, -0.2) is 9.97 Å². The van der Waals surface area contributed by atoms with Crippen LogP contribution in [0.2, 0.25) is 0 Å². The molecular formula is C13H17N3O6. The zero-order valence-corrected chi connectivity index (χ0v) is 11.9. The van der Waals surface area contributed by atoms with E-state index in [0.29, 0.717) is 12.3 Å². The Balaban J connectivity index is 2.01. The molecule has 2 aromatic rings. The zero-order chi connectivity index (χ0) is 15.9. The van der Waals surface area contributed by atoms with E-state index in [1.165, 1.54) is 6.33 Å². The predicted molar refractivity (Wildman–Crippen MR) is 73.1 cm³/mol. The van der Waals surface area contributed by atoms with Crippen molar-refractivity contribution in [1.29, 1.82) is 0 Å². The molecule has 0 aliphatic carbocycles. The first-order chi connectivity index (χ1) is 10.6. The first-order valence-corrected chi connectivity index (χ1v) is 7.05. The summed E-state index contributed by atoms with van der Waals surface area (Å²) in [4.78, 5) is 20.5. The molecular weight excluding hydrogens is 294 g/mol. The molecule has 4 unspecified atom stereocenters. The standard InChI is InChI=1S/C13H17N3O6/c1-2-3-7-15-8-11(22-7)14-5-16(12(8)20)13-10(19)9(18)6(4-17)21-13/h5-6,9-10,13,17-19H,2-4H2,1H3. The molecule has 0 radical (unpaired) electrons. The monoisotopic (exact) mass is 311 g/mol. The van der Waals surface area contributed by atoms with Crippen LogP contribution in [0.3, 0.4) is 0 Å². The smallest absolute Gasteiger partial charge is 0.285 e. The molecule has 1 aliphatic rings. The normalized spacial score (nSPS) is 28.5. The van der Waals surface area contributed by atoms with Crippen LogP contribution in [0.5, 0.6) is 0 Å². The van der Waals surface area contributed by atoms with Crippen molar-refractivity contribution >= 4 is 11.2 Å². The van der Waals surface area contributed by atoms with Crippen molar-refractivity contribution in [3.8, 4) is 0 Å². The number of ether oxygens (including phenoxy) is 1. The van der Waals surface area contributed by atoms with E-state index in [0.717, 1.165) is 11.0 Å². The van der Waals surface area contributed by atoms with E-state index in [4.69, 9.17) is 14.3 Å². The summed E-state index contributed by atoms with van der Waals surface area (Å²) in [5, 5.41) is 28.8. The second kappa shape index (κ2) is 5.76. The Bertz CT molecular complexity index is 726. The molecule has 0 amide bonds. The second-order valence-corrected chi connectivity index (χ2v) is 5.20. The first-order valence-electron chi connectivity index (χ1n) is 7.05. The van der Waals surface area contributed by atoms with Crippen molar-refractivity contribution in [1.82, 2.24) is 14.5 Å². The summed E-state index contributed by atoms with van der Waals surface area (Å²) < 4.78 is 11.7. The van der Waals surface area contributed by atoms with Crippen LogP contribution in [0.15, 0.2) is 15.5 Å². The number of hydrogen-bond donors (Lipinski definition) is 3. The number of hydrogen-bond acceptors (Lipinski definition) is 8. The van der Waals surface area contributed by atoms with Crippen LogP contribution in [0.1, 0.15) is 25.5 Å². The Morgan fingerprint density at radius 2 is 2.14 bits per heavy atom. The lowest BCUT2D eigenvalue weighted by atomic mass is 10.1. The molecule has 1 aliphatic heterocycles. The molecule has 0 saturated carbocycles. The molecule has 0 aromatic carbocycles. The summed E-state index contributed by atoms with van der Waals surface area (Å²) in [7, 11) is 0. The van der Waals surface area contributed by atoms with Gasteiger partial charge in [0, 0.05) is 6.42 Å². The molecule has 0 bridgehead atoms. The summed E-state index contributed by atoms with van der Waals surface area (Å²) >= 11 is 0. The highest BCUT2D eigenvalue weighted by Gasteiger charge is 2.44. The largest absolute Gasteiger partial charge is 0.422 e. The Kier molecular flexibility index (Phi) is 3.96. The highest BCUT2D eigenvalue weighted by Crippen LogP contribution is 2.28. The number of oxazole rings is 1. The number of aliphatic hydroxyl groups is 3. The lowest BCUT2D eigenvalue weighted by Crippen LogP contribution is -2.35. The first kappa shape index (κ1) is 15.1. The number of aryl methyl sites for hydroxylation is 1. The van der Waals surface area contributed by atoms with Gasteiger partial charge in [0.15, 0.2) is 17.6 Å². The van der Waals surface area contributed by atoms with Gasteiger partial charge in [0.2, 0.25) is 0 Å². The molecule has 1 fully saturated rings. The molecule has 3 N–H and O–H groups in total. The van der Waals surface area contributed by atoms with Crippen molar-refractivity contribution in [2.75, 3.05) is 6.61 Å². The summed E-state index contributed by atoms with van der Waals surface area (Å²) in [5.74, 6) is 0.418. The predicted octanol–water partition coefficient (Wildman–Crippen LogP) is -1.05. The quantitative estimate of drug-likeness (QED) is 0.652. The van der Waals surface area contributed by atoms with Gasteiger partial charge in [-0.05, 0) is 6.42 Å². The van der Waals surface area contributed by atoms with E-state index in [-0.39, 0.29) is 11.2 Å². The molecule has 9 heteroatoms. The summed E-state index contributed by atoms with van der Waals surface area (Å²) in [6.45, 7) is 1.49. The zero-order valence-electron chi connectivity index (χ0n) is 11.9. The number of aromatic nitrogens is 3. The van der Waals surface area contributed by atoms with Gasteiger partial charge in [0.1, 0.15) is 24.6 Å². The Morgan fingerprint density at radius 1 is 1.36 bits per heavy atom. The molecule has 0 spiro atoms. The third kappa shape index (κ3) is 2.31. The van der Waals surface area contributed by atoms with Crippen molar-refractivity contribution in [3.05, 3.63) is 22.6 Å². The molecule has 120 valence electrons. The highest BCUT2D eigenvalue weighted by molar-refractivity contribution is 5.66. The SMILES string of the molecule is CCCc1nc2c(=O)n(C3OC(CO)C(O)C3O)cnc2o1. The Morgan fingerprint density at radius 3 is 2.77 bits per heavy atom. The maximum absolute atomic E-state index is 12.4. The van der Waals surface area contributed by atoms with E-state index >= 15 is 0 Å². The van der Waals surface area contributed by atoms with Gasteiger partial charge >= 0.3 is 0 Å². The van der Waals surface area contributed by atoms with Crippen LogP contribution in [-0.2, 0) is 11.2 Å². The van der Waals surface area contributed by atoms with E-state index < -0.39 is 36.7 Å². The lowest BCUT2D eigenvalue weighted by molar-refractivity contribution is -0.0546. The fourth-order valence-corrected chi connectivity index (χ4v) is 2.48. The van der Waals surface area contributed by atoms with E-state index in [9.17, 15) is 15.0 Å². The number of aliphatic hydroxyl groups excluding tert-OH is 3. The molecule has 22 heavy (non-hydrogen) atoms. The van der Waals surface area contributed by atoms with E-state index in [1.807, 2.05) is 6.92 Å². The van der Waals surface area contributed by atoms with Gasteiger partial charge in [-0.1, -0.05) is 6.92 Å². The van der Waals surface area contributed by atoms with Crippen molar-refractivity contribution < 1.29 is 24.5 Å². The molecule has 3 rings (SSSR count). The van der Waals surface area contributed by atoms with Crippen LogP contribution in [0.25, 0.3) is 11.2 Å². The van der Waals surface area contributed by atoms with Gasteiger partial charge in [0.05, 0.1) is 6.61 Å². The molecule has 1 saturated heterocycles. The average Bonchev–Trinajstić information content (AvgIpc) is 3.04. The molecule has 2 aromatic heterocycles. The maximum atomic E-state index is 12.4. The number of nitrogens with zero attached hydrogens (tertiary/aromatic N) is 3. The van der Waals surface area contributed by atoms with Gasteiger partial charge in [-0.15, -0.1) is 0 Å². The second-order valence-electron chi connectivity index (χ2n) is 5.20. The molecule has 3 heterocycles. The van der Waals surface area contributed by atoms with Crippen LogP contribution in [0.4, 0.5) is 0 Å². The number of fused-ring (bicyclic) bond motifs is 1. The topological polar surface area (TPSA) is 131 Å². The van der Waals surface area contributed by atoms with Gasteiger partial charge in [-0.2, -0.15) is 0 Å². The van der Waals surface area contributed by atoms with Crippen LogP contribution in [-0.4, -0.2) is 54.8 Å².